The van der Waals surface area contributed by atoms with Gasteiger partial charge in [0.15, 0.2) is 0 Å². The van der Waals surface area contributed by atoms with Gasteiger partial charge in [-0.3, -0.25) is 0 Å². The van der Waals surface area contributed by atoms with E-state index in [1.807, 2.05) is 19.2 Å². The van der Waals surface area contributed by atoms with Gasteiger partial charge < -0.3 is 9.88 Å². The van der Waals surface area contributed by atoms with Gasteiger partial charge in [0.25, 0.3) is 0 Å². The van der Waals surface area contributed by atoms with Crippen molar-refractivity contribution in [1.82, 2.24) is 9.88 Å². The minimum absolute atomic E-state index is 0.0764. The third kappa shape index (κ3) is 1.83. The van der Waals surface area contributed by atoms with Gasteiger partial charge in [0.05, 0.1) is 0 Å². The molecule has 1 aromatic carbocycles. The summed E-state index contributed by atoms with van der Waals surface area (Å²) in [6, 6.07) is 5.91. The van der Waals surface area contributed by atoms with E-state index in [2.05, 4.69) is 16.8 Å². The lowest BCUT2D eigenvalue weighted by atomic mass is 9.96. The Bertz CT molecular complexity index is 580. The third-order valence-corrected chi connectivity index (χ3v) is 4.09. The molecule has 1 N–H and O–H groups in total. The molecule has 1 unspecified atom stereocenters. The van der Waals surface area contributed by atoms with Crippen LogP contribution in [0.25, 0.3) is 10.9 Å². The van der Waals surface area contributed by atoms with Gasteiger partial charge in [-0.2, -0.15) is 0 Å². The number of aromatic nitrogens is 1. The van der Waals surface area contributed by atoms with Crippen LogP contribution in [0.4, 0.5) is 4.39 Å². The lowest BCUT2D eigenvalue weighted by Crippen LogP contribution is -2.27. The van der Waals surface area contributed by atoms with Gasteiger partial charge in [-0.05, 0) is 44.5 Å². The molecule has 3 heteroatoms. The molecule has 2 nitrogen and oxygen atoms in total. The maximum absolute atomic E-state index is 14.2. The van der Waals surface area contributed by atoms with E-state index in [4.69, 9.17) is 0 Å². The van der Waals surface area contributed by atoms with Gasteiger partial charge in [-0.15, -0.1) is 0 Å². The van der Waals surface area contributed by atoms with Crippen molar-refractivity contribution in [3.8, 4) is 0 Å². The zero-order valence-corrected chi connectivity index (χ0v) is 11.0. The van der Waals surface area contributed by atoms with Gasteiger partial charge in [0.2, 0.25) is 0 Å². The Hall–Kier alpha value is -1.35. The van der Waals surface area contributed by atoms with E-state index >= 15 is 0 Å². The van der Waals surface area contributed by atoms with Crippen LogP contribution in [0.2, 0.25) is 0 Å². The van der Waals surface area contributed by atoms with Crippen molar-refractivity contribution in [2.24, 2.45) is 7.05 Å². The minimum Gasteiger partial charge on any atom is -0.348 e. The van der Waals surface area contributed by atoms with E-state index in [1.165, 1.54) is 12.8 Å². The first-order chi connectivity index (χ1) is 8.66. The molecule has 18 heavy (non-hydrogen) atoms. The van der Waals surface area contributed by atoms with Crippen LogP contribution in [0.15, 0.2) is 18.2 Å². The van der Waals surface area contributed by atoms with Crippen LogP contribution >= 0.6 is 0 Å². The second kappa shape index (κ2) is 4.39. The van der Waals surface area contributed by atoms with Crippen molar-refractivity contribution >= 4 is 10.9 Å². The zero-order valence-electron chi connectivity index (χ0n) is 11.0. The van der Waals surface area contributed by atoms with Crippen molar-refractivity contribution < 1.29 is 4.39 Å². The molecule has 1 aromatic heterocycles. The molecule has 2 heterocycles. The molecule has 0 amide bonds. The first-order valence-electron chi connectivity index (χ1n) is 6.65. The highest BCUT2D eigenvalue weighted by molar-refractivity contribution is 5.82. The van der Waals surface area contributed by atoms with Crippen LogP contribution in [-0.4, -0.2) is 11.1 Å². The summed E-state index contributed by atoms with van der Waals surface area (Å²) < 4.78 is 16.3. The van der Waals surface area contributed by atoms with Crippen molar-refractivity contribution in [3.05, 3.63) is 35.3 Å². The van der Waals surface area contributed by atoms with Crippen molar-refractivity contribution in [1.29, 1.82) is 0 Å². The normalized spacial score (nSPS) is 20.5. The fourth-order valence-corrected chi connectivity index (χ4v) is 2.90. The molecule has 2 aromatic rings. The Labute approximate surface area is 107 Å². The summed E-state index contributed by atoms with van der Waals surface area (Å²) in [4.78, 5) is 0. The molecule has 1 aliphatic heterocycles. The fraction of sp³-hybridized carbons (Fsp3) is 0.467. The second-order valence-electron chi connectivity index (χ2n) is 5.28. The maximum atomic E-state index is 14.2. The van der Waals surface area contributed by atoms with E-state index in [0.717, 1.165) is 35.1 Å². The molecular weight excluding hydrogens is 227 g/mol. The lowest BCUT2D eigenvalue weighted by molar-refractivity contribution is 0.400. The van der Waals surface area contributed by atoms with Crippen molar-refractivity contribution in [2.45, 2.75) is 32.2 Å². The molecule has 1 aliphatic rings. The summed E-state index contributed by atoms with van der Waals surface area (Å²) in [7, 11) is 2.04. The smallest absolute Gasteiger partial charge is 0.128 e. The number of benzene rings is 1. The average Bonchev–Trinajstić information content (AvgIpc) is 2.65. The Morgan fingerprint density at radius 2 is 2.11 bits per heavy atom. The zero-order chi connectivity index (χ0) is 12.7. The summed E-state index contributed by atoms with van der Waals surface area (Å²) >= 11 is 0. The number of nitrogens with zero attached hydrogens (tertiary/aromatic N) is 1. The number of halogens is 1. The Morgan fingerprint density at radius 3 is 2.83 bits per heavy atom. The van der Waals surface area contributed by atoms with Crippen molar-refractivity contribution in [3.63, 3.8) is 0 Å². The number of aryl methyl sites for hydroxylation is 2. The highest BCUT2D eigenvalue weighted by Crippen LogP contribution is 2.29. The summed E-state index contributed by atoms with van der Waals surface area (Å²) in [5.74, 6) is -0.0764. The standard InChI is InChI=1S/C15H19FN2/c1-10-7-11-8-13(16)12(9-15(11)18(10)2)14-5-3-4-6-17-14/h7-9,14,17H,3-6H2,1-2H3. The quantitative estimate of drug-likeness (QED) is 0.815. The van der Waals surface area contributed by atoms with E-state index in [9.17, 15) is 4.39 Å². The predicted molar refractivity (Wildman–Crippen MR) is 72.2 cm³/mol. The third-order valence-electron chi connectivity index (χ3n) is 4.09. The van der Waals surface area contributed by atoms with Crippen LogP contribution < -0.4 is 5.32 Å². The summed E-state index contributed by atoms with van der Waals surface area (Å²) in [6.45, 7) is 3.05. The molecule has 0 saturated carbocycles. The molecule has 1 fully saturated rings. The molecule has 0 spiro atoms. The van der Waals surface area contributed by atoms with Crippen LogP contribution in [0.3, 0.4) is 0 Å². The molecule has 1 saturated heterocycles. The Morgan fingerprint density at radius 1 is 1.28 bits per heavy atom. The molecule has 0 radical (unpaired) electrons. The summed E-state index contributed by atoms with van der Waals surface area (Å²) in [5.41, 5.74) is 3.11. The number of fused-ring (bicyclic) bond motifs is 1. The monoisotopic (exact) mass is 246 g/mol. The number of nitrogens with one attached hydrogen (secondary N) is 1. The highest BCUT2D eigenvalue weighted by Gasteiger charge is 2.19. The Balaban J connectivity index is 2.10. The van der Waals surface area contributed by atoms with E-state index in [-0.39, 0.29) is 11.9 Å². The molecule has 0 bridgehead atoms. The van der Waals surface area contributed by atoms with Crippen molar-refractivity contribution in [2.75, 3.05) is 6.54 Å². The average molecular weight is 246 g/mol. The number of hydrogen-bond acceptors (Lipinski definition) is 1. The molecule has 1 atom stereocenters. The number of rotatable bonds is 1. The van der Waals surface area contributed by atoms with Gasteiger partial charge in [-0.1, -0.05) is 6.42 Å². The topological polar surface area (TPSA) is 17.0 Å². The SMILES string of the molecule is Cc1cc2cc(F)c(C3CCCCN3)cc2n1C. The second-order valence-corrected chi connectivity index (χ2v) is 5.28. The molecule has 96 valence electrons. The van der Waals surface area contributed by atoms with Crippen LogP contribution in [0.1, 0.15) is 36.6 Å². The van der Waals surface area contributed by atoms with Gasteiger partial charge in [0.1, 0.15) is 5.82 Å². The molecule has 0 aliphatic carbocycles. The fourth-order valence-electron chi connectivity index (χ4n) is 2.90. The summed E-state index contributed by atoms with van der Waals surface area (Å²) in [5, 5.41) is 4.41. The van der Waals surface area contributed by atoms with E-state index in [0.29, 0.717) is 0 Å². The minimum atomic E-state index is -0.0764. The van der Waals surface area contributed by atoms with Crippen LogP contribution in [0.5, 0.6) is 0 Å². The van der Waals surface area contributed by atoms with Gasteiger partial charge in [-0.25, -0.2) is 4.39 Å². The van der Waals surface area contributed by atoms with E-state index in [1.54, 1.807) is 6.07 Å². The lowest BCUT2D eigenvalue weighted by Gasteiger charge is -2.24. The number of piperidine rings is 1. The van der Waals surface area contributed by atoms with Crippen LogP contribution in [0, 0.1) is 12.7 Å². The summed E-state index contributed by atoms with van der Waals surface area (Å²) in [6.07, 6.45) is 3.41. The first kappa shape index (κ1) is 11.7. The largest absolute Gasteiger partial charge is 0.348 e. The first-order valence-corrected chi connectivity index (χ1v) is 6.65. The number of hydrogen-bond donors (Lipinski definition) is 1. The van der Waals surface area contributed by atoms with Gasteiger partial charge in [0, 0.05) is 35.2 Å². The predicted octanol–water partition coefficient (Wildman–Crippen LogP) is 3.44. The van der Waals surface area contributed by atoms with Gasteiger partial charge >= 0.3 is 0 Å². The van der Waals surface area contributed by atoms with Crippen LogP contribution in [-0.2, 0) is 7.05 Å². The maximum Gasteiger partial charge on any atom is 0.128 e. The molecular formula is C15H19FN2. The van der Waals surface area contributed by atoms with E-state index < -0.39 is 0 Å². The molecule has 3 rings (SSSR count). The highest BCUT2D eigenvalue weighted by atomic mass is 19.1. The Kier molecular flexibility index (Phi) is 2.86.